The van der Waals surface area contributed by atoms with E-state index in [0.29, 0.717) is 16.6 Å². The van der Waals surface area contributed by atoms with Crippen LogP contribution in [0.15, 0.2) is 59.4 Å². The summed E-state index contributed by atoms with van der Waals surface area (Å²) in [6.45, 7) is 8.17. The Kier molecular flexibility index (Phi) is 7.84. The Labute approximate surface area is 247 Å². The summed E-state index contributed by atoms with van der Waals surface area (Å²) in [7, 11) is 0. The largest absolute Gasteiger partial charge is 0.369 e. The molecule has 7 nitrogen and oxygen atoms in total. The Morgan fingerprint density at radius 1 is 0.878 bits per heavy atom. The Hall–Kier alpha value is -3.65. The molecule has 3 aliphatic heterocycles. The zero-order valence-corrected chi connectivity index (χ0v) is 24.8. The van der Waals surface area contributed by atoms with Gasteiger partial charge in [0.05, 0.1) is 11.4 Å². The third kappa shape index (κ3) is 6.03. The summed E-state index contributed by atoms with van der Waals surface area (Å²) in [5.41, 5.74) is 7.02. The lowest BCUT2D eigenvalue weighted by Gasteiger charge is -2.44. The predicted octanol–water partition coefficient (Wildman–Crippen LogP) is 5.91. The van der Waals surface area contributed by atoms with Crippen LogP contribution < -0.4 is 21.1 Å². The third-order valence-corrected chi connectivity index (χ3v) is 8.89. The minimum absolute atomic E-state index is 0.0819. The van der Waals surface area contributed by atoms with Gasteiger partial charge < -0.3 is 25.0 Å². The molecule has 1 aromatic heterocycles. The molecule has 2 fully saturated rings. The van der Waals surface area contributed by atoms with Gasteiger partial charge >= 0.3 is 0 Å². The van der Waals surface area contributed by atoms with Crippen molar-refractivity contribution in [3.8, 4) is 0 Å². The fourth-order valence-corrected chi connectivity index (χ4v) is 7.15. The van der Waals surface area contributed by atoms with Crippen LogP contribution in [-0.2, 0) is 6.54 Å². The highest BCUT2D eigenvalue weighted by Crippen LogP contribution is 2.39. The fraction of sp³-hybridized carbons (Fsp3) is 0.424. The summed E-state index contributed by atoms with van der Waals surface area (Å²) in [4.78, 5) is 30.5. The molecule has 6 rings (SSSR count). The number of carbonyl (C=O) groups is 1. The van der Waals surface area contributed by atoms with Crippen molar-refractivity contribution in [1.29, 1.82) is 0 Å². The Balaban J connectivity index is 1.30. The van der Waals surface area contributed by atoms with Crippen LogP contribution >= 0.6 is 12.2 Å². The topological polar surface area (TPSA) is 69.6 Å². The Morgan fingerprint density at radius 2 is 1.63 bits per heavy atom. The fourth-order valence-electron chi connectivity index (χ4n) is 6.93. The molecule has 2 bridgehead atoms. The maximum atomic E-state index is 13.6. The molecular weight excluding hydrogens is 530 g/mol. The quantitative estimate of drug-likeness (QED) is 0.381. The average molecular weight is 570 g/mol. The number of piperidine rings is 1. The van der Waals surface area contributed by atoms with Crippen LogP contribution in [0.1, 0.15) is 65.2 Å². The van der Waals surface area contributed by atoms with E-state index in [2.05, 4.69) is 59.7 Å². The first-order chi connectivity index (χ1) is 19.8. The lowest BCUT2D eigenvalue weighted by Crippen LogP contribution is -2.47. The highest BCUT2D eigenvalue weighted by molar-refractivity contribution is 7.80. The molecule has 2 aromatic carbocycles. The molecule has 0 aliphatic carbocycles. The van der Waals surface area contributed by atoms with Gasteiger partial charge in [0.1, 0.15) is 0 Å². The van der Waals surface area contributed by atoms with Crippen molar-refractivity contribution in [3.05, 3.63) is 87.3 Å². The normalized spacial score (nSPS) is 20.1. The first kappa shape index (κ1) is 27.5. The van der Waals surface area contributed by atoms with Crippen molar-refractivity contribution in [2.24, 2.45) is 5.92 Å². The Bertz CT molecular complexity index is 1500. The van der Waals surface area contributed by atoms with Crippen molar-refractivity contribution >= 4 is 40.3 Å². The van der Waals surface area contributed by atoms with Crippen molar-refractivity contribution in [2.75, 3.05) is 41.7 Å². The van der Waals surface area contributed by atoms with Crippen LogP contribution in [-0.4, -0.2) is 46.7 Å². The highest BCUT2D eigenvalue weighted by atomic mass is 32.1. The zero-order valence-electron chi connectivity index (χ0n) is 24.0. The number of hydrogen-bond donors (Lipinski definition) is 2. The lowest BCUT2D eigenvalue weighted by atomic mass is 9.83. The minimum atomic E-state index is 0.0819. The lowest BCUT2D eigenvalue weighted by molar-refractivity contribution is 0.0761. The van der Waals surface area contributed by atoms with Gasteiger partial charge in [0.2, 0.25) is 0 Å². The molecule has 4 heterocycles. The number of aryl methyl sites for hydroxylation is 2. The zero-order chi connectivity index (χ0) is 28.5. The van der Waals surface area contributed by atoms with Crippen molar-refractivity contribution in [1.82, 2.24) is 9.47 Å². The molecule has 0 saturated carbocycles. The van der Waals surface area contributed by atoms with E-state index in [1.807, 2.05) is 27.7 Å². The van der Waals surface area contributed by atoms with Crippen molar-refractivity contribution < 1.29 is 4.79 Å². The number of nitrogens with zero attached hydrogens (tertiary/aromatic N) is 3. The second-order valence-corrected chi connectivity index (χ2v) is 12.4. The van der Waals surface area contributed by atoms with Gasteiger partial charge in [0.25, 0.3) is 11.5 Å². The molecule has 3 aromatic rings. The van der Waals surface area contributed by atoms with E-state index in [9.17, 15) is 9.59 Å². The number of nitrogens with one attached hydrogen (secondary N) is 2. The van der Waals surface area contributed by atoms with E-state index < -0.39 is 0 Å². The molecule has 0 unspecified atom stereocenters. The van der Waals surface area contributed by atoms with E-state index in [1.165, 1.54) is 24.0 Å². The standard InChI is InChI=1S/C33H39N5O2S/c1-22-14-23(2)16-27(15-22)34-33(41)35-28-18-25(32(40)36-12-5-3-4-6-13-36)10-11-30(28)37-19-24-17-26(21-37)29-8-7-9-31(39)38(29)20-24/h7-11,14-16,18,24,26H,3-6,12-13,17,19-21H2,1-2H3,(H2,34,35,41)/t24-,26+/m1/s1. The van der Waals surface area contributed by atoms with Gasteiger partial charge in [-0.15, -0.1) is 0 Å². The summed E-state index contributed by atoms with van der Waals surface area (Å²) in [5.74, 6) is 0.745. The van der Waals surface area contributed by atoms with Gasteiger partial charge in [-0.25, -0.2) is 0 Å². The van der Waals surface area contributed by atoms with Gasteiger partial charge in [-0.1, -0.05) is 25.0 Å². The monoisotopic (exact) mass is 569 g/mol. The number of pyridine rings is 1. The molecule has 0 radical (unpaired) electrons. The van der Waals surface area contributed by atoms with Crippen LogP contribution in [0.25, 0.3) is 0 Å². The maximum absolute atomic E-state index is 13.6. The number of anilines is 3. The second kappa shape index (κ2) is 11.7. The molecule has 3 aliphatic rings. The summed E-state index contributed by atoms with van der Waals surface area (Å²) in [6, 6.07) is 17.9. The molecule has 8 heteroatoms. The van der Waals surface area contributed by atoms with E-state index in [4.69, 9.17) is 12.2 Å². The molecule has 2 atom stereocenters. The average Bonchev–Trinajstić information content (AvgIpc) is 3.22. The minimum Gasteiger partial charge on any atom is -0.369 e. The van der Waals surface area contributed by atoms with Crippen LogP contribution in [0.2, 0.25) is 0 Å². The molecule has 2 saturated heterocycles. The second-order valence-electron chi connectivity index (χ2n) is 12.0. The first-order valence-corrected chi connectivity index (χ1v) is 15.3. The highest BCUT2D eigenvalue weighted by Gasteiger charge is 2.35. The van der Waals surface area contributed by atoms with Crippen LogP contribution in [0.4, 0.5) is 17.1 Å². The van der Waals surface area contributed by atoms with E-state index in [1.54, 1.807) is 6.07 Å². The van der Waals surface area contributed by atoms with Gasteiger partial charge in [-0.3, -0.25) is 9.59 Å². The number of fused-ring (bicyclic) bond motifs is 4. The van der Waals surface area contributed by atoms with Crippen LogP contribution in [0.5, 0.6) is 0 Å². The number of hydrogen-bond acceptors (Lipinski definition) is 4. The molecule has 41 heavy (non-hydrogen) atoms. The number of amides is 1. The summed E-state index contributed by atoms with van der Waals surface area (Å²) < 4.78 is 1.96. The number of benzene rings is 2. The third-order valence-electron chi connectivity index (χ3n) is 8.68. The molecule has 0 spiro atoms. The number of likely N-dealkylation sites (tertiary alicyclic amines) is 1. The van der Waals surface area contributed by atoms with E-state index in [0.717, 1.165) is 74.7 Å². The summed E-state index contributed by atoms with van der Waals surface area (Å²) in [5, 5.41) is 7.29. The maximum Gasteiger partial charge on any atom is 0.253 e. The number of thiocarbonyl (C=S) groups is 1. The van der Waals surface area contributed by atoms with Gasteiger partial charge in [-0.2, -0.15) is 0 Å². The van der Waals surface area contributed by atoms with Gasteiger partial charge in [0, 0.05) is 61.7 Å². The Morgan fingerprint density at radius 3 is 2.39 bits per heavy atom. The summed E-state index contributed by atoms with van der Waals surface area (Å²) in [6.07, 6.45) is 5.56. The SMILES string of the molecule is Cc1cc(C)cc(NC(=S)Nc2cc(C(=O)N3CCCCCC3)ccc2N2C[C@H]3C[C@@H](C2)c2cccc(=O)n2C3)c1. The first-order valence-electron chi connectivity index (χ1n) is 14.9. The number of aromatic nitrogens is 1. The molecular formula is C33H39N5O2S. The van der Waals surface area contributed by atoms with Crippen LogP contribution in [0.3, 0.4) is 0 Å². The summed E-state index contributed by atoms with van der Waals surface area (Å²) >= 11 is 5.79. The number of rotatable bonds is 4. The number of carbonyl (C=O) groups excluding carboxylic acids is 1. The molecule has 214 valence electrons. The molecule has 2 N–H and O–H groups in total. The smallest absolute Gasteiger partial charge is 0.253 e. The molecule has 1 amide bonds. The van der Waals surface area contributed by atoms with Crippen LogP contribution in [0, 0.1) is 19.8 Å². The van der Waals surface area contributed by atoms with Crippen molar-refractivity contribution in [2.45, 2.75) is 58.4 Å². The van der Waals surface area contributed by atoms with Gasteiger partial charge in [-0.05, 0) is 98.8 Å². The van der Waals surface area contributed by atoms with E-state index in [-0.39, 0.29) is 17.4 Å². The van der Waals surface area contributed by atoms with Gasteiger partial charge in [0.15, 0.2) is 5.11 Å². The predicted molar refractivity (Wildman–Crippen MR) is 170 cm³/mol. The van der Waals surface area contributed by atoms with Crippen molar-refractivity contribution in [3.63, 3.8) is 0 Å². The van der Waals surface area contributed by atoms with E-state index >= 15 is 0 Å².